The Bertz CT molecular complexity index is 3960. The van der Waals surface area contributed by atoms with Crippen LogP contribution in [0, 0.1) is 35.5 Å². The zero-order valence-electron chi connectivity index (χ0n) is 67.7. The van der Waals surface area contributed by atoms with Crippen LogP contribution in [-0.2, 0) is 139 Å². The van der Waals surface area contributed by atoms with Gasteiger partial charge in [-0.1, -0.05) is 0 Å². The number of carbonyl (C=O) groups excluding carboxylic acids is 24. The maximum absolute atomic E-state index is 13.8. The standard InChI is InChI=1S/C85H100N8O29/c94-62(21-32-86-70(102)5-6-71(86)103)3-1-56(43-64(96)23-34-88-74(106)9-10-75(88)107)51-121-53-60(47-68(100)27-38-92-82(114)17-18-83(92)115)31-41-119-49-58(45-66(98)25-36-90-78(110)13-14-79(90)111)29-40-118-50-59(46-67(99)26-37-91-80(112)15-16-81(91)113)30-42-120-54-61(48-69(101)28-39-93-84(116)19-20-85(93)117)55-122-52-57(44-65(97)24-35-89-76(108)11-12-77(89)109)2-4-63(95)22-33-87-72(104)7-8-73(87)105/h5-20,56-61H,1-4,21-55H2. The number of ether oxygens (including phenoxy) is 5. The number of amides is 16. The predicted octanol–water partition coefficient (Wildman–Crippen LogP) is 0.911. The summed E-state index contributed by atoms with van der Waals surface area (Å²) in [7, 11) is 0. The van der Waals surface area contributed by atoms with Crippen LogP contribution in [0.3, 0.4) is 0 Å². The molecule has 0 radical (unpaired) electrons. The highest BCUT2D eigenvalue weighted by Gasteiger charge is 2.34. The lowest BCUT2D eigenvalue weighted by Gasteiger charge is -2.23. The van der Waals surface area contributed by atoms with Gasteiger partial charge in [0.15, 0.2) is 0 Å². The van der Waals surface area contributed by atoms with Crippen LogP contribution in [0.15, 0.2) is 97.2 Å². The monoisotopic (exact) mass is 1700 g/mol. The quantitative estimate of drug-likeness (QED) is 0.0603. The van der Waals surface area contributed by atoms with Crippen molar-refractivity contribution in [2.24, 2.45) is 35.5 Å². The zero-order chi connectivity index (χ0) is 88.4. The van der Waals surface area contributed by atoms with Crippen molar-refractivity contribution in [2.45, 2.75) is 135 Å². The second-order valence-corrected chi connectivity index (χ2v) is 30.8. The normalized spacial score (nSPS) is 17.7. The average Bonchev–Trinajstić information content (AvgIpc) is 1.74. The summed E-state index contributed by atoms with van der Waals surface area (Å²) in [5, 5.41) is 0. The summed E-state index contributed by atoms with van der Waals surface area (Å²) in [5.74, 6) is -16.2. The molecular formula is C85H100N8O29. The molecule has 0 spiro atoms. The summed E-state index contributed by atoms with van der Waals surface area (Å²) in [6, 6.07) is 0. The van der Waals surface area contributed by atoms with Gasteiger partial charge in [-0.05, 0) is 61.7 Å². The highest BCUT2D eigenvalue weighted by molar-refractivity contribution is 6.17. The molecule has 0 saturated carbocycles. The Kier molecular flexibility index (Phi) is 38.1. The van der Waals surface area contributed by atoms with Crippen LogP contribution in [0.5, 0.6) is 0 Å². The summed E-state index contributed by atoms with van der Waals surface area (Å²) in [6.45, 7) is -2.80. The predicted molar refractivity (Wildman–Crippen MR) is 419 cm³/mol. The number of hydrogen-bond acceptors (Lipinski definition) is 29. The largest absolute Gasteiger partial charge is 0.381 e. The highest BCUT2D eigenvalue weighted by atomic mass is 16.5. The molecule has 0 N–H and O–H groups in total. The molecule has 6 atom stereocenters. The lowest BCUT2D eigenvalue weighted by molar-refractivity contribution is -0.139. The van der Waals surface area contributed by atoms with E-state index < -0.39 is 136 Å². The molecule has 8 heterocycles. The van der Waals surface area contributed by atoms with E-state index in [1.54, 1.807) is 0 Å². The van der Waals surface area contributed by atoms with Crippen LogP contribution in [0.25, 0.3) is 0 Å². The minimum Gasteiger partial charge on any atom is -0.381 e. The van der Waals surface area contributed by atoms with E-state index in [2.05, 4.69) is 0 Å². The molecule has 8 aliphatic heterocycles. The molecule has 8 aliphatic rings. The average molecular weight is 1700 g/mol. The molecule has 654 valence electrons. The second kappa shape index (κ2) is 48.6. The van der Waals surface area contributed by atoms with E-state index in [0.717, 1.165) is 136 Å². The topological polar surface area (TPSA) is 482 Å². The Morgan fingerprint density at radius 2 is 0.320 bits per heavy atom. The Labute approximate surface area is 701 Å². The van der Waals surface area contributed by atoms with E-state index in [1.165, 1.54) is 0 Å². The Balaban J connectivity index is 0.918. The molecular weight excluding hydrogens is 1600 g/mol. The summed E-state index contributed by atoms with van der Waals surface area (Å²) >= 11 is 0. The molecule has 0 bridgehead atoms. The van der Waals surface area contributed by atoms with Gasteiger partial charge in [-0.25, -0.2) is 0 Å². The van der Waals surface area contributed by atoms with Crippen molar-refractivity contribution >= 4 is 141 Å². The van der Waals surface area contributed by atoms with E-state index in [-0.39, 0.29) is 294 Å². The molecule has 0 aromatic heterocycles. The number of Topliss-reactive ketones (excluding diaryl/α,β-unsaturated/α-hetero) is 8. The van der Waals surface area contributed by atoms with Crippen molar-refractivity contribution in [3.63, 3.8) is 0 Å². The summed E-state index contributed by atoms with van der Waals surface area (Å²) < 4.78 is 31.1. The van der Waals surface area contributed by atoms with Crippen molar-refractivity contribution in [3.8, 4) is 0 Å². The molecule has 6 unspecified atom stereocenters. The van der Waals surface area contributed by atoms with E-state index in [1.807, 2.05) is 0 Å². The van der Waals surface area contributed by atoms with Gasteiger partial charge >= 0.3 is 0 Å². The Hall–Kier alpha value is -11.8. The fraction of sp³-hybridized carbons (Fsp3) is 0.529. The van der Waals surface area contributed by atoms with Gasteiger partial charge in [-0.15, -0.1) is 0 Å². The number of nitrogens with zero attached hydrogens (tertiary/aromatic N) is 8. The first-order valence-electron chi connectivity index (χ1n) is 40.7. The number of hydrogen-bond donors (Lipinski definition) is 0. The molecule has 8 rings (SSSR count). The minimum absolute atomic E-state index is 0.0539. The zero-order valence-corrected chi connectivity index (χ0v) is 67.7. The molecule has 0 aromatic rings. The first kappa shape index (κ1) is 95.7. The van der Waals surface area contributed by atoms with Crippen molar-refractivity contribution in [1.29, 1.82) is 0 Å². The fourth-order valence-electron chi connectivity index (χ4n) is 14.3. The van der Waals surface area contributed by atoms with Gasteiger partial charge < -0.3 is 23.7 Å². The molecule has 0 aliphatic carbocycles. The van der Waals surface area contributed by atoms with Crippen molar-refractivity contribution in [1.82, 2.24) is 39.2 Å². The third-order valence-electron chi connectivity index (χ3n) is 21.4. The second-order valence-electron chi connectivity index (χ2n) is 30.8. The van der Waals surface area contributed by atoms with Crippen molar-refractivity contribution in [2.75, 3.05) is 118 Å². The fourth-order valence-corrected chi connectivity index (χ4v) is 14.3. The smallest absolute Gasteiger partial charge is 0.253 e. The highest BCUT2D eigenvalue weighted by Crippen LogP contribution is 2.25. The number of rotatable bonds is 65. The van der Waals surface area contributed by atoms with Crippen LogP contribution in [0.4, 0.5) is 0 Å². The van der Waals surface area contributed by atoms with Gasteiger partial charge in [0.1, 0.15) is 46.3 Å². The van der Waals surface area contributed by atoms with Gasteiger partial charge in [0.2, 0.25) is 0 Å². The van der Waals surface area contributed by atoms with Crippen LogP contribution in [-0.4, -0.2) is 298 Å². The Morgan fingerprint density at radius 3 is 0.508 bits per heavy atom. The van der Waals surface area contributed by atoms with Gasteiger partial charge in [0, 0.05) is 311 Å². The molecule has 37 nitrogen and oxygen atoms in total. The van der Waals surface area contributed by atoms with Gasteiger partial charge in [-0.2, -0.15) is 0 Å². The van der Waals surface area contributed by atoms with E-state index in [4.69, 9.17) is 23.7 Å². The molecule has 0 saturated heterocycles. The number of imide groups is 8. The third kappa shape index (κ3) is 31.3. The SMILES string of the molecule is O=C(CCC(COCC(CCOCC(CCOCC(CCOCC(COCC(CCC(=O)CCN1C(=O)C=CC1=O)CC(=O)CCN1C(=O)C=CC1=O)CC(=O)CCN1C(=O)C=CC1=O)CC(=O)CCN1C(=O)C=CC1=O)CC(=O)CCN1C(=O)C=CC1=O)CC(=O)CCN1C(=O)C=CC1=O)CC(=O)CCN1C(=O)C=CC1=O)CCN1C(=O)C=CC1=O. The van der Waals surface area contributed by atoms with E-state index >= 15 is 0 Å². The van der Waals surface area contributed by atoms with Crippen LogP contribution < -0.4 is 0 Å². The maximum atomic E-state index is 13.8. The lowest BCUT2D eigenvalue weighted by Crippen LogP contribution is -2.33. The lowest BCUT2D eigenvalue weighted by atomic mass is 9.94. The third-order valence-corrected chi connectivity index (χ3v) is 21.4. The summed E-state index contributed by atoms with van der Waals surface area (Å²) in [4.78, 5) is 313. The van der Waals surface area contributed by atoms with Crippen LogP contribution in [0.1, 0.15) is 135 Å². The first-order chi connectivity index (χ1) is 58.4. The van der Waals surface area contributed by atoms with Crippen LogP contribution >= 0.6 is 0 Å². The Morgan fingerprint density at radius 1 is 0.180 bits per heavy atom. The molecule has 16 amide bonds. The van der Waals surface area contributed by atoms with E-state index in [0.29, 0.717) is 0 Å². The van der Waals surface area contributed by atoms with Gasteiger partial charge in [-0.3, -0.25) is 154 Å². The summed E-state index contributed by atoms with van der Waals surface area (Å²) in [6.07, 6.45) is 14.9. The van der Waals surface area contributed by atoms with Gasteiger partial charge in [0.25, 0.3) is 94.5 Å². The number of carbonyl (C=O) groups is 24. The summed E-state index contributed by atoms with van der Waals surface area (Å²) in [5.41, 5.74) is 0. The minimum atomic E-state index is -0.732. The molecule has 0 aromatic carbocycles. The van der Waals surface area contributed by atoms with Crippen LogP contribution in [0.2, 0.25) is 0 Å². The van der Waals surface area contributed by atoms with Crippen molar-refractivity contribution in [3.05, 3.63) is 97.2 Å². The van der Waals surface area contributed by atoms with Gasteiger partial charge in [0.05, 0.1) is 13.2 Å². The van der Waals surface area contributed by atoms with E-state index in [9.17, 15) is 115 Å². The first-order valence-corrected chi connectivity index (χ1v) is 40.7. The molecule has 122 heavy (non-hydrogen) atoms. The number of ketones is 8. The molecule has 0 fully saturated rings. The van der Waals surface area contributed by atoms with Crippen molar-refractivity contribution < 1.29 is 139 Å². The maximum Gasteiger partial charge on any atom is 0.253 e. The molecule has 37 heteroatoms.